The molecule has 1 saturated heterocycles. The number of hydrogen-bond donors (Lipinski definition) is 3. The third-order valence-electron chi connectivity index (χ3n) is 7.79. The van der Waals surface area contributed by atoms with E-state index in [4.69, 9.17) is 4.74 Å². The highest BCUT2D eigenvalue weighted by atomic mass is 32.2. The molecule has 0 bridgehead atoms. The van der Waals surface area contributed by atoms with Gasteiger partial charge in [-0.3, -0.25) is 0 Å². The summed E-state index contributed by atoms with van der Waals surface area (Å²) in [5, 5.41) is 9.04. The Kier molecular flexibility index (Phi) is 8.23. The number of nitrogens with one attached hydrogen (secondary N) is 3. The van der Waals surface area contributed by atoms with Gasteiger partial charge in [-0.2, -0.15) is 9.97 Å². The molecule has 5 rings (SSSR count). The Hall–Kier alpha value is -3.64. The van der Waals surface area contributed by atoms with E-state index in [0.717, 1.165) is 31.5 Å². The van der Waals surface area contributed by atoms with E-state index >= 15 is 4.39 Å². The van der Waals surface area contributed by atoms with Gasteiger partial charge in [0.1, 0.15) is 23.2 Å². The number of benzene rings is 2. The first-order valence-corrected chi connectivity index (χ1v) is 15.4. The monoisotopic (exact) mass is 583 g/mol. The fourth-order valence-corrected chi connectivity index (χ4v) is 6.53. The molecule has 3 heterocycles. The second-order valence-corrected chi connectivity index (χ2v) is 13.4. The van der Waals surface area contributed by atoms with E-state index in [0.29, 0.717) is 53.5 Å². The third-order valence-corrected chi connectivity index (χ3v) is 10.0. The lowest BCUT2D eigenvalue weighted by Gasteiger charge is -2.36. The summed E-state index contributed by atoms with van der Waals surface area (Å²) in [5.41, 5.74) is 2.18. The molecule has 0 atom stereocenters. The number of aromatic nitrogens is 2. The van der Waals surface area contributed by atoms with Crippen LogP contribution in [0.3, 0.4) is 0 Å². The van der Waals surface area contributed by atoms with E-state index in [1.54, 1.807) is 51.3 Å². The average Bonchev–Trinajstić information content (AvgIpc) is 3.42. The van der Waals surface area contributed by atoms with Crippen LogP contribution in [0.1, 0.15) is 32.3 Å². The van der Waals surface area contributed by atoms with Crippen molar-refractivity contribution >= 4 is 44.5 Å². The van der Waals surface area contributed by atoms with Gasteiger partial charge in [0.2, 0.25) is 5.95 Å². The molecule has 1 aromatic heterocycles. The zero-order chi connectivity index (χ0) is 29.3. The first kappa shape index (κ1) is 28.9. The van der Waals surface area contributed by atoms with Gasteiger partial charge in [-0.25, -0.2) is 12.8 Å². The number of halogens is 1. The Morgan fingerprint density at radius 3 is 2.51 bits per heavy atom. The summed E-state index contributed by atoms with van der Waals surface area (Å²) < 4.78 is 47.1. The van der Waals surface area contributed by atoms with Crippen LogP contribution in [0.2, 0.25) is 0 Å². The van der Waals surface area contributed by atoms with E-state index in [1.807, 2.05) is 0 Å². The molecule has 0 aliphatic carbocycles. The molecular formula is C29H38FN7O3S. The Balaban J connectivity index is 1.44. The fourth-order valence-electron chi connectivity index (χ4n) is 5.33. The molecule has 3 N–H and O–H groups in total. The van der Waals surface area contributed by atoms with Crippen LogP contribution in [-0.4, -0.2) is 75.4 Å². The highest BCUT2D eigenvalue weighted by Gasteiger charge is 2.27. The maximum atomic E-state index is 15.4. The maximum absolute atomic E-state index is 15.4. The minimum absolute atomic E-state index is 0.205. The quantitative estimate of drug-likeness (QED) is 0.325. The summed E-state index contributed by atoms with van der Waals surface area (Å²) in [6.45, 7) is 5.51. The molecule has 3 aromatic rings. The van der Waals surface area contributed by atoms with Gasteiger partial charge in [0.05, 0.1) is 34.3 Å². The average molecular weight is 584 g/mol. The first-order chi connectivity index (χ1) is 19.6. The topological polar surface area (TPSA) is 112 Å². The van der Waals surface area contributed by atoms with E-state index in [1.165, 1.54) is 6.07 Å². The van der Waals surface area contributed by atoms with Gasteiger partial charge in [-0.05, 0) is 59.3 Å². The summed E-state index contributed by atoms with van der Waals surface area (Å²) in [6, 6.07) is 10.4. The van der Waals surface area contributed by atoms with E-state index < -0.39 is 15.1 Å². The maximum Gasteiger partial charge on any atom is 0.231 e. The SMILES string of the molecule is COc1cc(N2CCC(N(C)C)CC2)c(F)cc1Nc1nc2c(c(Nc3ccccc3S(=O)(=O)C(C)C)n1)CCN2. The van der Waals surface area contributed by atoms with Crippen molar-refractivity contribution in [2.75, 3.05) is 61.7 Å². The summed E-state index contributed by atoms with van der Waals surface area (Å²) in [4.78, 5) is 13.8. The van der Waals surface area contributed by atoms with Crippen molar-refractivity contribution in [3.63, 3.8) is 0 Å². The molecule has 0 amide bonds. The number of sulfone groups is 1. The fraction of sp³-hybridized carbons (Fsp3) is 0.448. The van der Waals surface area contributed by atoms with Gasteiger partial charge >= 0.3 is 0 Å². The smallest absolute Gasteiger partial charge is 0.231 e. The molecule has 41 heavy (non-hydrogen) atoms. The Labute approximate surface area is 241 Å². The minimum atomic E-state index is -3.54. The molecule has 10 nitrogen and oxygen atoms in total. The second-order valence-electron chi connectivity index (χ2n) is 10.9. The molecule has 1 fully saturated rings. The number of methoxy groups -OCH3 is 1. The molecule has 0 saturated carbocycles. The molecule has 2 aliphatic heterocycles. The van der Waals surface area contributed by atoms with Crippen molar-refractivity contribution in [2.45, 2.75) is 49.3 Å². The van der Waals surface area contributed by atoms with Crippen LogP contribution in [0.5, 0.6) is 5.75 Å². The van der Waals surface area contributed by atoms with Crippen LogP contribution in [0.25, 0.3) is 0 Å². The lowest BCUT2D eigenvalue weighted by atomic mass is 10.0. The molecule has 0 unspecified atom stereocenters. The number of nitrogens with zero attached hydrogens (tertiary/aromatic N) is 4. The predicted molar refractivity (Wildman–Crippen MR) is 161 cm³/mol. The van der Waals surface area contributed by atoms with Crippen molar-refractivity contribution < 1.29 is 17.5 Å². The van der Waals surface area contributed by atoms with Gasteiger partial charge in [-0.1, -0.05) is 12.1 Å². The number of piperidine rings is 1. The number of ether oxygens (including phenoxy) is 1. The van der Waals surface area contributed by atoms with Gasteiger partial charge in [0.15, 0.2) is 9.84 Å². The molecule has 220 valence electrons. The van der Waals surface area contributed by atoms with Crippen molar-refractivity contribution in [1.29, 1.82) is 0 Å². The third kappa shape index (κ3) is 5.89. The van der Waals surface area contributed by atoms with Gasteiger partial charge in [0, 0.05) is 43.4 Å². The largest absolute Gasteiger partial charge is 0.494 e. The summed E-state index contributed by atoms with van der Waals surface area (Å²) in [7, 11) is 2.16. The summed E-state index contributed by atoms with van der Waals surface area (Å²) in [6.07, 6.45) is 2.60. The van der Waals surface area contributed by atoms with Crippen LogP contribution >= 0.6 is 0 Å². The van der Waals surface area contributed by atoms with Gasteiger partial charge in [0.25, 0.3) is 0 Å². The van der Waals surface area contributed by atoms with Crippen LogP contribution in [0.15, 0.2) is 41.3 Å². The zero-order valence-electron chi connectivity index (χ0n) is 24.2. The Morgan fingerprint density at radius 1 is 1.10 bits per heavy atom. The standard InChI is InChI=1S/C29H38FN7O3S/c1-18(2)41(38,39)26-9-7-6-8-22(26)32-28-20-10-13-31-27(20)34-29(35-28)33-23-16-21(30)24(17-25(23)40-5)37-14-11-19(12-15-37)36(3)4/h6-9,16-19H,10-15H2,1-5H3,(H3,31,32,33,34,35). The predicted octanol–water partition coefficient (Wildman–Crippen LogP) is 4.79. The lowest BCUT2D eigenvalue weighted by molar-refractivity contribution is 0.249. The van der Waals surface area contributed by atoms with Gasteiger partial charge < -0.3 is 30.5 Å². The summed E-state index contributed by atoms with van der Waals surface area (Å²) in [5.74, 6) is 1.45. The van der Waals surface area contributed by atoms with Crippen molar-refractivity contribution in [2.24, 2.45) is 0 Å². The number of hydrogen-bond acceptors (Lipinski definition) is 10. The Bertz CT molecular complexity index is 1520. The van der Waals surface area contributed by atoms with Gasteiger partial charge in [-0.15, -0.1) is 0 Å². The van der Waals surface area contributed by atoms with Crippen molar-refractivity contribution in [3.05, 3.63) is 47.8 Å². The number of para-hydroxylation sites is 1. The molecule has 0 spiro atoms. The molecule has 2 aliphatic rings. The van der Waals surface area contributed by atoms with E-state index in [-0.39, 0.29) is 16.7 Å². The highest BCUT2D eigenvalue weighted by molar-refractivity contribution is 7.92. The van der Waals surface area contributed by atoms with Crippen LogP contribution in [0, 0.1) is 5.82 Å². The Morgan fingerprint density at radius 2 is 1.83 bits per heavy atom. The highest BCUT2D eigenvalue weighted by Crippen LogP contribution is 2.37. The summed E-state index contributed by atoms with van der Waals surface area (Å²) >= 11 is 0. The number of fused-ring (bicyclic) bond motifs is 1. The van der Waals surface area contributed by atoms with Crippen LogP contribution in [0.4, 0.5) is 39.0 Å². The second kappa shape index (κ2) is 11.7. The van der Waals surface area contributed by atoms with Crippen LogP contribution in [-0.2, 0) is 16.3 Å². The van der Waals surface area contributed by atoms with E-state index in [9.17, 15) is 8.42 Å². The lowest BCUT2D eigenvalue weighted by Crippen LogP contribution is -2.42. The molecular weight excluding hydrogens is 545 g/mol. The van der Waals surface area contributed by atoms with Crippen molar-refractivity contribution in [3.8, 4) is 5.75 Å². The molecule has 12 heteroatoms. The molecule has 2 aromatic carbocycles. The zero-order valence-corrected chi connectivity index (χ0v) is 25.0. The molecule has 0 radical (unpaired) electrons. The minimum Gasteiger partial charge on any atom is -0.494 e. The van der Waals surface area contributed by atoms with Crippen molar-refractivity contribution in [1.82, 2.24) is 14.9 Å². The first-order valence-electron chi connectivity index (χ1n) is 13.9. The van der Waals surface area contributed by atoms with Crippen LogP contribution < -0.4 is 25.6 Å². The normalized spacial score (nSPS) is 15.7. The number of rotatable bonds is 9. The number of anilines is 6. The van der Waals surface area contributed by atoms with E-state index in [2.05, 4.69) is 49.8 Å².